The second-order valence-electron chi connectivity index (χ2n) is 5.87. The Kier molecular flexibility index (Phi) is 5.19. The van der Waals surface area contributed by atoms with Crippen LogP contribution in [0.5, 0.6) is 5.75 Å². The van der Waals surface area contributed by atoms with E-state index in [9.17, 15) is 4.79 Å². The Balaban J connectivity index is 1.58. The van der Waals surface area contributed by atoms with Crippen molar-refractivity contribution in [3.8, 4) is 17.1 Å². The third-order valence-electron chi connectivity index (χ3n) is 3.79. The molecule has 0 aliphatic carbocycles. The molecule has 3 aromatic rings. The fourth-order valence-corrected chi connectivity index (χ4v) is 2.61. The van der Waals surface area contributed by atoms with Crippen LogP contribution in [0, 0.1) is 13.8 Å². The number of ether oxygens (including phenoxy) is 1. The maximum absolute atomic E-state index is 12.0. The number of carbonyl (C=O) groups is 1. The average molecular weight is 356 g/mol. The summed E-state index contributed by atoms with van der Waals surface area (Å²) < 4.78 is 11.1. The van der Waals surface area contributed by atoms with Gasteiger partial charge in [0.05, 0.1) is 12.6 Å². The standard InChI is InChI=1S/C20H18ClNO3/c1-13-3-5-15(6-4-13)18-12-22-19(24-18)9-10-20(23)25-17-8-7-16(21)11-14(17)2/h3-8,11-12H,9-10H2,1-2H3. The number of halogens is 1. The van der Waals surface area contributed by atoms with E-state index in [1.54, 1.807) is 24.4 Å². The SMILES string of the molecule is Cc1ccc(-c2cnc(CCC(=O)Oc3ccc(Cl)cc3C)o2)cc1. The van der Waals surface area contributed by atoms with E-state index in [0.29, 0.717) is 28.8 Å². The molecule has 0 aliphatic rings. The van der Waals surface area contributed by atoms with Crippen LogP contribution in [-0.4, -0.2) is 11.0 Å². The number of hydrogen-bond acceptors (Lipinski definition) is 4. The lowest BCUT2D eigenvalue weighted by atomic mass is 10.1. The quantitative estimate of drug-likeness (QED) is 0.469. The van der Waals surface area contributed by atoms with Crippen LogP contribution in [0.4, 0.5) is 0 Å². The molecular weight excluding hydrogens is 338 g/mol. The van der Waals surface area contributed by atoms with E-state index in [-0.39, 0.29) is 12.4 Å². The second-order valence-corrected chi connectivity index (χ2v) is 6.30. The maximum atomic E-state index is 12.0. The van der Waals surface area contributed by atoms with Gasteiger partial charge in [-0.05, 0) is 37.6 Å². The number of esters is 1. The maximum Gasteiger partial charge on any atom is 0.311 e. The van der Waals surface area contributed by atoms with Gasteiger partial charge in [0.1, 0.15) is 5.75 Å². The fraction of sp³-hybridized carbons (Fsp3) is 0.200. The molecule has 0 N–H and O–H groups in total. The van der Waals surface area contributed by atoms with E-state index in [2.05, 4.69) is 4.98 Å². The fourth-order valence-electron chi connectivity index (χ4n) is 2.39. The summed E-state index contributed by atoms with van der Waals surface area (Å²) in [6.45, 7) is 3.88. The molecule has 1 aromatic heterocycles. The van der Waals surface area contributed by atoms with Crippen LogP contribution in [0.3, 0.4) is 0 Å². The lowest BCUT2D eigenvalue weighted by Gasteiger charge is -2.06. The molecular formula is C20H18ClNO3. The Morgan fingerprint density at radius 2 is 1.92 bits per heavy atom. The minimum atomic E-state index is -0.333. The summed E-state index contributed by atoms with van der Waals surface area (Å²) in [6, 6.07) is 13.1. The van der Waals surface area contributed by atoms with E-state index in [4.69, 9.17) is 20.8 Å². The molecule has 0 atom stereocenters. The molecule has 0 unspecified atom stereocenters. The van der Waals surface area contributed by atoms with Crippen molar-refractivity contribution in [1.29, 1.82) is 0 Å². The molecule has 128 valence electrons. The van der Waals surface area contributed by atoms with Gasteiger partial charge in [-0.3, -0.25) is 4.79 Å². The van der Waals surface area contributed by atoms with Crippen molar-refractivity contribution in [2.24, 2.45) is 0 Å². The summed E-state index contributed by atoms with van der Waals surface area (Å²) >= 11 is 5.89. The van der Waals surface area contributed by atoms with E-state index in [0.717, 1.165) is 11.1 Å². The minimum Gasteiger partial charge on any atom is -0.441 e. The highest BCUT2D eigenvalue weighted by Crippen LogP contribution is 2.23. The Labute approximate surface area is 151 Å². The number of aryl methyl sites for hydroxylation is 3. The normalized spacial score (nSPS) is 10.7. The Hall–Kier alpha value is -2.59. The zero-order valence-electron chi connectivity index (χ0n) is 14.1. The van der Waals surface area contributed by atoms with Crippen LogP contribution >= 0.6 is 11.6 Å². The third-order valence-corrected chi connectivity index (χ3v) is 4.03. The van der Waals surface area contributed by atoms with E-state index >= 15 is 0 Å². The number of rotatable bonds is 5. The number of benzene rings is 2. The summed E-state index contributed by atoms with van der Waals surface area (Å²) in [4.78, 5) is 16.2. The smallest absolute Gasteiger partial charge is 0.311 e. The van der Waals surface area contributed by atoms with Gasteiger partial charge in [0.15, 0.2) is 11.7 Å². The van der Waals surface area contributed by atoms with Crippen molar-refractivity contribution in [2.45, 2.75) is 26.7 Å². The summed E-state index contributed by atoms with van der Waals surface area (Å²) in [7, 11) is 0. The van der Waals surface area contributed by atoms with Crippen LogP contribution in [0.1, 0.15) is 23.4 Å². The molecule has 0 fully saturated rings. The highest BCUT2D eigenvalue weighted by atomic mass is 35.5. The van der Waals surface area contributed by atoms with Crippen molar-refractivity contribution in [1.82, 2.24) is 4.98 Å². The predicted octanol–water partition coefficient (Wildman–Crippen LogP) is 5.15. The second kappa shape index (κ2) is 7.53. The van der Waals surface area contributed by atoms with Crippen LogP contribution in [0.2, 0.25) is 5.02 Å². The first-order valence-corrected chi connectivity index (χ1v) is 8.37. The van der Waals surface area contributed by atoms with Gasteiger partial charge < -0.3 is 9.15 Å². The van der Waals surface area contributed by atoms with Gasteiger partial charge in [0, 0.05) is 17.0 Å². The first-order valence-electron chi connectivity index (χ1n) is 8.00. The molecule has 0 amide bonds. The monoisotopic (exact) mass is 355 g/mol. The van der Waals surface area contributed by atoms with Gasteiger partial charge >= 0.3 is 5.97 Å². The van der Waals surface area contributed by atoms with Crippen LogP contribution in [0.15, 0.2) is 53.1 Å². The highest BCUT2D eigenvalue weighted by Gasteiger charge is 2.11. The number of aromatic nitrogens is 1. The van der Waals surface area contributed by atoms with Crippen LogP contribution < -0.4 is 4.74 Å². The molecule has 2 aromatic carbocycles. The molecule has 0 aliphatic heterocycles. The third kappa shape index (κ3) is 4.48. The molecule has 25 heavy (non-hydrogen) atoms. The molecule has 1 heterocycles. The summed E-state index contributed by atoms with van der Waals surface area (Å²) in [5.41, 5.74) is 2.96. The molecule has 0 saturated carbocycles. The lowest BCUT2D eigenvalue weighted by molar-refractivity contribution is -0.134. The number of nitrogens with zero attached hydrogens (tertiary/aromatic N) is 1. The van der Waals surface area contributed by atoms with Gasteiger partial charge in [-0.2, -0.15) is 0 Å². The molecule has 0 spiro atoms. The predicted molar refractivity (Wildman–Crippen MR) is 96.8 cm³/mol. The van der Waals surface area contributed by atoms with Crippen molar-refractivity contribution in [3.05, 3.63) is 70.7 Å². The topological polar surface area (TPSA) is 52.3 Å². The van der Waals surface area contributed by atoms with E-state index < -0.39 is 0 Å². The zero-order valence-corrected chi connectivity index (χ0v) is 14.8. The Morgan fingerprint density at radius 3 is 2.64 bits per heavy atom. The van der Waals surface area contributed by atoms with Gasteiger partial charge in [0.25, 0.3) is 0 Å². The lowest BCUT2D eigenvalue weighted by Crippen LogP contribution is -2.09. The van der Waals surface area contributed by atoms with Gasteiger partial charge in [-0.25, -0.2) is 4.98 Å². The summed E-state index contributed by atoms with van der Waals surface area (Å²) in [6.07, 6.45) is 2.25. The molecule has 0 radical (unpaired) electrons. The van der Waals surface area contributed by atoms with Crippen molar-refractivity contribution in [3.63, 3.8) is 0 Å². The molecule has 3 rings (SSSR count). The Bertz CT molecular complexity index is 884. The van der Waals surface area contributed by atoms with Gasteiger partial charge in [-0.15, -0.1) is 0 Å². The van der Waals surface area contributed by atoms with Crippen LogP contribution in [-0.2, 0) is 11.2 Å². The number of hydrogen-bond donors (Lipinski definition) is 0. The van der Waals surface area contributed by atoms with Gasteiger partial charge in [-0.1, -0.05) is 41.4 Å². The van der Waals surface area contributed by atoms with E-state index in [1.165, 1.54) is 5.56 Å². The summed E-state index contributed by atoms with van der Waals surface area (Å²) in [5.74, 6) is 1.39. The number of carbonyl (C=O) groups excluding carboxylic acids is 1. The van der Waals surface area contributed by atoms with Crippen molar-refractivity contribution in [2.75, 3.05) is 0 Å². The molecule has 4 nitrogen and oxygen atoms in total. The van der Waals surface area contributed by atoms with Crippen LogP contribution in [0.25, 0.3) is 11.3 Å². The molecule has 5 heteroatoms. The first kappa shape index (κ1) is 17.2. The highest BCUT2D eigenvalue weighted by molar-refractivity contribution is 6.30. The number of oxazole rings is 1. The largest absolute Gasteiger partial charge is 0.441 e. The minimum absolute atomic E-state index is 0.190. The summed E-state index contributed by atoms with van der Waals surface area (Å²) in [5, 5.41) is 0.612. The average Bonchev–Trinajstić information content (AvgIpc) is 3.05. The van der Waals surface area contributed by atoms with Crippen molar-refractivity contribution >= 4 is 17.6 Å². The van der Waals surface area contributed by atoms with E-state index in [1.807, 2.05) is 38.1 Å². The first-order chi connectivity index (χ1) is 12.0. The molecule has 0 saturated heterocycles. The zero-order chi connectivity index (χ0) is 17.8. The van der Waals surface area contributed by atoms with Crippen molar-refractivity contribution < 1.29 is 13.9 Å². The Morgan fingerprint density at radius 1 is 1.16 bits per heavy atom. The van der Waals surface area contributed by atoms with Gasteiger partial charge in [0.2, 0.25) is 0 Å². The molecule has 0 bridgehead atoms.